The van der Waals surface area contributed by atoms with Crippen molar-refractivity contribution in [2.75, 3.05) is 5.32 Å². The molecule has 0 saturated carbocycles. The molecule has 0 aliphatic heterocycles. The molecule has 0 bridgehead atoms. The maximum absolute atomic E-state index is 12.2. The summed E-state index contributed by atoms with van der Waals surface area (Å²) in [6.07, 6.45) is 1.70. The van der Waals surface area contributed by atoms with Gasteiger partial charge in [-0.25, -0.2) is 13.6 Å². The van der Waals surface area contributed by atoms with E-state index in [1.807, 2.05) is 30.3 Å². The lowest BCUT2D eigenvalue weighted by molar-refractivity contribution is 0.469. The second-order valence-corrected chi connectivity index (χ2v) is 7.83. The van der Waals surface area contributed by atoms with Crippen molar-refractivity contribution in [2.45, 2.75) is 16.8 Å². The van der Waals surface area contributed by atoms with Crippen LogP contribution in [0.25, 0.3) is 0 Å². The molecule has 0 aliphatic carbocycles. The number of anilines is 1. The van der Waals surface area contributed by atoms with Gasteiger partial charge in [-0.2, -0.15) is 0 Å². The first kappa shape index (κ1) is 19.3. The van der Waals surface area contributed by atoms with E-state index in [4.69, 9.17) is 9.88 Å². The van der Waals surface area contributed by atoms with Gasteiger partial charge in [0.15, 0.2) is 5.75 Å². The SMILES string of the molecule is NS(=O)(=O)c1cc(CBr)cc(NCc2ccccn2)c1Oc1ccccc1. The van der Waals surface area contributed by atoms with Gasteiger partial charge >= 0.3 is 0 Å². The number of halogens is 1. The molecule has 3 rings (SSSR count). The number of primary sulfonamides is 1. The quantitative estimate of drug-likeness (QED) is 0.533. The number of pyridine rings is 1. The lowest BCUT2D eigenvalue weighted by atomic mass is 10.2. The van der Waals surface area contributed by atoms with Crippen LogP contribution in [-0.2, 0) is 21.9 Å². The molecule has 0 fully saturated rings. The lowest BCUT2D eigenvalue weighted by Crippen LogP contribution is -2.15. The van der Waals surface area contributed by atoms with Gasteiger partial charge in [0.05, 0.1) is 17.9 Å². The standard InChI is InChI=1S/C19H18BrN3O3S/c20-12-14-10-17(23-13-15-6-4-5-9-22-15)19(18(11-14)27(21,24)25)26-16-7-2-1-3-8-16/h1-11,23H,12-13H2,(H2,21,24,25). The highest BCUT2D eigenvalue weighted by Gasteiger charge is 2.21. The number of hydrogen-bond donors (Lipinski definition) is 2. The summed E-state index contributed by atoms with van der Waals surface area (Å²) in [5.74, 6) is 0.666. The summed E-state index contributed by atoms with van der Waals surface area (Å²) in [6.45, 7) is 0.405. The first-order chi connectivity index (χ1) is 13.0. The summed E-state index contributed by atoms with van der Waals surface area (Å²) in [6, 6.07) is 17.9. The van der Waals surface area contributed by atoms with E-state index >= 15 is 0 Å². The average Bonchev–Trinajstić information content (AvgIpc) is 2.67. The van der Waals surface area contributed by atoms with E-state index in [-0.39, 0.29) is 10.6 Å². The van der Waals surface area contributed by atoms with Crippen LogP contribution >= 0.6 is 15.9 Å². The summed E-state index contributed by atoms with van der Waals surface area (Å²) >= 11 is 3.36. The number of nitrogens with zero attached hydrogens (tertiary/aromatic N) is 1. The molecule has 0 atom stereocenters. The van der Waals surface area contributed by atoms with Crippen molar-refractivity contribution in [1.29, 1.82) is 0 Å². The van der Waals surface area contributed by atoms with Gasteiger partial charge in [-0.3, -0.25) is 4.98 Å². The molecule has 0 radical (unpaired) electrons. The summed E-state index contributed by atoms with van der Waals surface area (Å²) in [5.41, 5.74) is 2.08. The minimum absolute atomic E-state index is 0.0770. The Hall–Kier alpha value is -2.42. The Morgan fingerprint density at radius 3 is 2.44 bits per heavy atom. The van der Waals surface area contributed by atoms with E-state index in [9.17, 15) is 8.42 Å². The van der Waals surface area contributed by atoms with Crippen molar-refractivity contribution in [1.82, 2.24) is 4.98 Å². The largest absolute Gasteiger partial charge is 0.454 e. The van der Waals surface area contributed by atoms with Crippen LogP contribution in [0, 0.1) is 0 Å². The summed E-state index contributed by atoms with van der Waals surface area (Å²) < 4.78 is 30.3. The Morgan fingerprint density at radius 2 is 1.81 bits per heavy atom. The van der Waals surface area contributed by atoms with Gasteiger partial charge < -0.3 is 10.1 Å². The minimum atomic E-state index is -3.99. The first-order valence-electron chi connectivity index (χ1n) is 8.10. The van der Waals surface area contributed by atoms with Crippen molar-refractivity contribution in [2.24, 2.45) is 5.14 Å². The van der Waals surface area contributed by atoms with Crippen molar-refractivity contribution in [3.8, 4) is 11.5 Å². The molecule has 2 aromatic carbocycles. The number of rotatable bonds is 7. The Morgan fingerprint density at radius 1 is 1.07 bits per heavy atom. The Bertz CT molecular complexity index is 1010. The van der Waals surface area contributed by atoms with Gasteiger partial charge in [0.1, 0.15) is 10.6 Å². The predicted octanol–water partition coefficient (Wildman–Crippen LogP) is 4.03. The van der Waals surface area contributed by atoms with E-state index < -0.39 is 10.0 Å². The third kappa shape index (κ3) is 5.06. The molecule has 8 heteroatoms. The van der Waals surface area contributed by atoms with Gasteiger partial charge in [-0.1, -0.05) is 40.2 Å². The van der Waals surface area contributed by atoms with Crippen LogP contribution in [-0.4, -0.2) is 13.4 Å². The molecule has 3 N–H and O–H groups in total. The van der Waals surface area contributed by atoms with Gasteiger partial charge in [0.2, 0.25) is 10.0 Å². The molecule has 3 aromatic rings. The molecule has 0 unspecified atom stereocenters. The zero-order valence-corrected chi connectivity index (χ0v) is 16.7. The Labute approximate surface area is 166 Å². The molecule has 6 nitrogen and oxygen atoms in total. The van der Waals surface area contributed by atoms with Crippen LogP contribution in [0.5, 0.6) is 11.5 Å². The Kier molecular flexibility index (Phi) is 6.10. The number of hydrogen-bond acceptors (Lipinski definition) is 5. The van der Waals surface area contributed by atoms with E-state index in [0.717, 1.165) is 11.3 Å². The molecular formula is C19H18BrN3O3S. The third-order valence-corrected chi connectivity index (χ3v) is 5.29. The zero-order valence-electron chi connectivity index (χ0n) is 14.3. The van der Waals surface area contributed by atoms with Crippen LogP contribution in [0.1, 0.15) is 11.3 Å². The van der Waals surface area contributed by atoms with Gasteiger partial charge in [0.25, 0.3) is 0 Å². The molecule has 140 valence electrons. The number of para-hydroxylation sites is 1. The monoisotopic (exact) mass is 447 g/mol. The second-order valence-electron chi connectivity index (χ2n) is 5.74. The molecule has 0 spiro atoms. The van der Waals surface area contributed by atoms with Crippen molar-refractivity contribution < 1.29 is 13.2 Å². The van der Waals surface area contributed by atoms with Crippen LogP contribution in [0.4, 0.5) is 5.69 Å². The first-order valence-corrected chi connectivity index (χ1v) is 10.8. The number of aromatic nitrogens is 1. The van der Waals surface area contributed by atoms with Gasteiger partial charge in [0, 0.05) is 11.5 Å². The number of benzene rings is 2. The van der Waals surface area contributed by atoms with E-state index in [1.165, 1.54) is 6.07 Å². The number of ether oxygens (including phenoxy) is 1. The number of nitrogens with one attached hydrogen (secondary N) is 1. The zero-order chi connectivity index (χ0) is 19.3. The Balaban J connectivity index is 2.05. The fraction of sp³-hybridized carbons (Fsp3) is 0.105. The fourth-order valence-electron chi connectivity index (χ4n) is 2.48. The summed E-state index contributed by atoms with van der Waals surface area (Å²) in [7, 11) is -3.99. The van der Waals surface area contributed by atoms with Crippen molar-refractivity contribution >= 4 is 31.6 Å². The minimum Gasteiger partial charge on any atom is -0.454 e. The summed E-state index contributed by atoms with van der Waals surface area (Å²) in [4.78, 5) is 4.19. The molecule has 0 amide bonds. The topological polar surface area (TPSA) is 94.3 Å². The fourth-order valence-corrected chi connectivity index (χ4v) is 3.53. The highest BCUT2D eigenvalue weighted by molar-refractivity contribution is 9.08. The van der Waals surface area contributed by atoms with Crippen LogP contribution in [0.3, 0.4) is 0 Å². The maximum Gasteiger partial charge on any atom is 0.241 e. The highest BCUT2D eigenvalue weighted by Crippen LogP contribution is 2.37. The average molecular weight is 448 g/mol. The molecule has 1 heterocycles. The van der Waals surface area contributed by atoms with E-state index in [1.54, 1.807) is 30.5 Å². The van der Waals surface area contributed by atoms with Crippen molar-refractivity contribution in [3.05, 3.63) is 78.1 Å². The maximum atomic E-state index is 12.2. The molecule has 0 aliphatic rings. The molecule has 27 heavy (non-hydrogen) atoms. The predicted molar refractivity (Wildman–Crippen MR) is 109 cm³/mol. The van der Waals surface area contributed by atoms with E-state index in [2.05, 4.69) is 26.2 Å². The third-order valence-electron chi connectivity index (χ3n) is 3.72. The molecule has 1 aromatic heterocycles. The normalized spacial score (nSPS) is 11.2. The smallest absolute Gasteiger partial charge is 0.241 e. The van der Waals surface area contributed by atoms with Crippen LogP contribution in [0.15, 0.2) is 71.8 Å². The number of alkyl halides is 1. The number of nitrogens with two attached hydrogens (primary N) is 1. The summed E-state index contributed by atoms with van der Waals surface area (Å²) in [5, 5.41) is 9.13. The van der Waals surface area contributed by atoms with E-state index in [0.29, 0.717) is 23.3 Å². The van der Waals surface area contributed by atoms with Gasteiger partial charge in [-0.05, 0) is 42.0 Å². The van der Waals surface area contributed by atoms with Crippen LogP contribution < -0.4 is 15.2 Å². The van der Waals surface area contributed by atoms with Crippen LogP contribution in [0.2, 0.25) is 0 Å². The second kappa shape index (κ2) is 8.51. The van der Waals surface area contributed by atoms with Gasteiger partial charge in [-0.15, -0.1) is 0 Å². The molecular weight excluding hydrogens is 430 g/mol. The molecule has 0 saturated heterocycles. The van der Waals surface area contributed by atoms with Crippen molar-refractivity contribution in [3.63, 3.8) is 0 Å². The number of sulfonamides is 1. The lowest BCUT2D eigenvalue weighted by Gasteiger charge is -2.17. The highest BCUT2D eigenvalue weighted by atomic mass is 79.9.